The molecule has 0 radical (unpaired) electrons. The van der Waals surface area contributed by atoms with E-state index in [1.165, 1.54) is 7.11 Å². The number of aliphatic imine (C=N–C) groups is 1. The van der Waals surface area contributed by atoms with E-state index in [9.17, 15) is 9.59 Å². The number of aromatic nitrogens is 2. The van der Waals surface area contributed by atoms with Gasteiger partial charge in [-0.15, -0.1) is 0 Å². The van der Waals surface area contributed by atoms with E-state index in [2.05, 4.69) is 31.3 Å². The maximum Gasteiger partial charge on any atom is 0.412 e. The van der Waals surface area contributed by atoms with Crippen molar-refractivity contribution in [2.75, 3.05) is 14.2 Å². The Hall–Kier alpha value is -4.46. The molecule has 1 aliphatic heterocycles. The number of hydrogen-bond donors (Lipinski definition) is 2. The van der Waals surface area contributed by atoms with E-state index in [4.69, 9.17) is 4.74 Å². The van der Waals surface area contributed by atoms with E-state index in [1.54, 1.807) is 13.2 Å². The van der Waals surface area contributed by atoms with Crippen LogP contribution in [0.2, 0.25) is 0 Å². The Morgan fingerprint density at radius 3 is 2.65 bits per heavy atom. The molecule has 0 spiro atoms. The summed E-state index contributed by atoms with van der Waals surface area (Å²) in [6.07, 6.45) is 0.532. The molecule has 3 aromatic carbocycles. The number of amidine groups is 1. The van der Waals surface area contributed by atoms with Crippen LogP contribution in [0, 0.1) is 0 Å². The van der Waals surface area contributed by atoms with Gasteiger partial charge < -0.3 is 9.47 Å². The number of benzene rings is 3. The van der Waals surface area contributed by atoms with Gasteiger partial charge in [0.1, 0.15) is 11.6 Å². The number of hydrogen-bond acceptors (Lipinski definition) is 6. The van der Waals surface area contributed by atoms with Gasteiger partial charge in [0.15, 0.2) is 0 Å². The van der Waals surface area contributed by atoms with Crippen LogP contribution in [0.1, 0.15) is 16.8 Å². The standard InChI is InChI=1S/C26H22N4O4/c1-33-19-10-15(11-23-20-5-3-4-6-21(20)25(31)30-29-23)9-18(12-19)16-7-8-17-14-24(27-22(17)13-16)28-26(32)34-2/h3-10,12-13H,11,14H2,1-2H3,(H,30,31)(H,27,28,32). The number of carbonyl (C=O) groups is 1. The SMILES string of the molecule is COC(=O)NC1=Nc2cc(-c3cc(Cc4n[nH]c(=O)c5ccccc45)cc(OC)c3)ccc2C1. The number of fused-ring (bicyclic) bond motifs is 2. The van der Waals surface area contributed by atoms with E-state index >= 15 is 0 Å². The molecule has 1 amide bonds. The third kappa shape index (κ3) is 4.13. The van der Waals surface area contributed by atoms with Gasteiger partial charge in [0.25, 0.3) is 5.56 Å². The lowest BCUT2D eigenvalue weighted by molar-refractivity contribution is 0.176. The molecule has 8 nitrogen and oxygen atoms in total. The maximum absolute atomic E-state index is 12.1. The molecule has 0 atom stereocenters. The first-order valence-electron chi connectivity index (χ1n) is 10.7. The Morgan fingerprint density at radius 2 is 1.85 bits per heavy atom. The van der Waals surface area contributed by atoms with Crippen molar-refractivity contribution in [1.82, 2.24) is 15.5 Å². The molecule has 0 saturated carbocycles. The molecule has 0 bridgehead atoms. The molecule has 0 unspecified atom stereocenters. The summed E-state index contributed by atoms with van der Waals surface area (Å²) in [5.74, 6) is 1.28. The number of aromatic amines is 1. The van der Waals surface area contributed by atoms with Crippen LogP contribution in [0.5, 0.6) is 5.75 Å². The van der Waals surface area contributed by atoms with Gasteiger partial charge in [-0.1, -0.05) is 36.4 Å². The molecule has 0 saturated heterocycles. The van der Waals surface area contributed by atoms with Crippen LogP contribution >= 0.6 is 0 Å². The van der Waals surface area contributed by atoms with Crippen molar-refractivity contribution in [3.8, 4) is 16.9 Å². The minimum Gasteiger partial charge on any atom is -0.497 e. The molecule has 34 heavy (non-hydrogen) atoms. The van der Waals surface area contributed by atoms with Crippen LogP contribution in [0.25, 0.3) is 21.9 Å². The van der Waals surface area contributed by atoms with Crippen LogP contribution in [0.3, 0.4) is 0 Å². The van der Waals surface area contributed by atoms with Crippen molar-refractivity contribution in [1.29, 1.82) is 0 Å². The first kappa shape index (κ1) is 21.4. The molecular formula is C26H22N4O4. The van der Waals surface area contributed by atoms with E-state index < -0.39 is 6.09 Å². The molecule has 0 aliphatic carbocycles. The van der Waals surface area contributed by atoms with Crippen molar-refractivity contribution >= 4 is 28.4 Å². The van der Waals surface area contributed by atoms with Gasteiger partial charge in [0.2, 0.25) is 0 Å². The Kier molecular flexibility index (Phi) is 5.55. The fourth-order valence-electron chi connectivity index (χ4n) is 4.15. The van der Waals surface area contributed by atoms with E-state index in [-0.39, 0.29) is 5.56 Å². The van der Waals surface area contributed by atoms with Gasteiger partial charge in [-0.05, 0) is 46.5 Å². The van der Waals surface area contributed by atoms with Crippen molar-refractivity contribution in [3.63, 3.8) is 0 Å². The molecule has 2 N–H and O–H groups in total. The highest BCUT2D eigenvalue weighted by Crippen LogP contribution is 2.34. The van der Waals surface area contributed by atoms with Crippen LogP contribution in [0.15, 0.2) is 70.5 Å². The van der Waals surface area contributed by atoms with Gasteiger partial charge in [0, 0.05) is 18.2 Å². The minimum absolute atomic E-state index is 0.203. The van der Waals surface area contributed by atoms with Gasteiger partial charge in [0.05, 0.1) is 31.0 Å². The molecule has 170 valence electrons. The zero-order valence-corrected chi connectivity index (χ0v) is 18.7. The molecule has 5 rings (SSSR count). The van der Waals surface area contributed by atoms with Gasteiger partial charge in [-0.3, -0.25) is 10.1 Å². The number of methoxy groups -OCH3 is 2. The molecule has 0 fully saturated rings. The normalized spacial score (nSPS) is 12.2. The molecule has 2 heterocycles. The lowest BCUT2D eigenvalue weighted by Crippen LogP contribution is -2.30. The summed E-state index contributed by atoms with van der Waals surface area (Å²) in [5, 5.41) is 11.0. The highest BCUT2D eigenvalue weighted by Gasteiger charge is 2.18. The van der Waals surface area contributed by atoms with Gasteiger partial charge >= 0.3 is 6.09 Å². The number of nitrogens with one attached hydrogen (secondary N) is 2. The predicted molar refractivity (Wildman–Crippen MR) is 130 cm³/mol. The van der Waals surface area contributed by atoms with Crippen molar-refractivity contribution in [2.45, 2.75) is 12.8 Å². The Labute approximate surface area is 195 Å². The predicted octanol–water partition coefficient (Wildman–Crippen LogP) is 4.13. The summed E-state index contributed by atoms with van der Waals surface area (Å²) in [4.78, 5) is 28.2. The fraction of sp³-hybridized carbons (Fsp3) is 0.154. The van der Waals surface area contributed by atoms with E-state index in [1.807, 2.05) is 48.5 Å². The molecule has 1 aliphatic rings. The molecule has 4 aromatic rings. The number of alkyl carbamates (subject to hydrolysis) is 1. The zero-order chi connectivity index (χ0) is 23.7. The number of carbonyl (C=O) groups excluding carboxylic acids is 1. The second-order valence-corrected chi connectivity index (χ2v) is 7.99. The topological polar surface area (TPSA) is 106 Å². The van der Waals surface area contributed by atoms with Gasteiger partial charge in [-0.25, -0.2) is 14.9 Å². The smallest absolute Gasteiger partial charge is 0.412 e. The number of nitrogens with zero attached hydrogens (tertiary/aromatic N) is 2. The summed E-state index contributed by atoms with van der Waals surface area (Å²) in [7, 11) is 2.95. The van der Waals surface area contributed by atoms with Crippen LogP contribution < -0.4 is 15.6 Å². The first-order valence-corrected chi connectivity index (χ1v) is 10.7. The van der Waals surface area contributed by atoms with Crippen LogP contribution in [0.4, 0.5) is 10.5 Å². The lowest BCUT2D eigenvalue weighted by atomic mass is 9.97. The van der Waals surface area contributed by atoms with Crippen LogP contribution in [-0.2, 0) is 17.6 Å². The van der Waals surface area contributed by atoms with Crippen molar-refractivity contribution in [2.24, 2.45) is 4.99 Å². The summed E-state index contributed by atoms with van der Waals surface area (Å²) < 4.78 is 10.2. The number of rotatable bonds is 4. The van der Waals surface area contributed by atoms with Crippen molar-refractivity contribution in [3.05, 3.63) is 87.8 Å². The molecular weight excluding hydrogens is 432 g/mol. The minimum atomic E-state index is -0.535. The maximum atomic E-state index is 12.1. The average Bonchev–Trinajstić information content (AvgIpc) is 3.27. The van der Waals surface area contributed by atoms with E-state index in [0.29, 0.717) is 24.1 Å². The Bertz CT molecular complexity index is 1510. The fourth-order valence-corrected chi connectivity index (χ4v) is 4.15. The summed E-state index contributed by atoms with van der Waals surface area (Å²) in [6.45, 7) is 0. The molecule has 8 heteroatoms. The van der Waals surface area contributed by atoms with Crippen molar-refractivity contribution < 1.29 is 14.3 Å². The highest BCUT2D eigenvalue weighted by atomic mass is 16.5. The summed E-state index contributed by atoms with van der Waals surface area (Å²) >= 11 is 0. The largest absolute Gasteiger partial charge is 0.497 e. The van der Waals surface area contributed by atoms with Crippen LogP contribution in [-0.4, -0.2) is 36.3 Å². The number of amides is 1. The van der Waals surface area contributed by atoms with E-state index in [0.717, 1.165) is 44.8 Å². The Morgan fingerprint density at radius 1 is 1.03 bits per heavy atom. The molecule has 1 aromatic heterocycles. The average molecular weight is 454 g/mol. The third-order valence-corrected chi connectivity index (χ3v) is 5.81. The summed E-state index contributed by atoms with van der Waals surface area (Å²) in [6, 6.07) is 19.5. The quantitative estimate of drug-likeness (QED) is 0.482. The second kappa shape index (κ2) is 8.82. The monoisotopic (exact) mass is 454 g/mol. The zero-order valence-electron chi connectivity index (χ0n) is 18.7. The third-order valence-electron chi connectivity index (χ3n) is 5.81. The number of H-pyrrole nitrogens is 1. The highest BCUT2D eigenvalue weighted by molar-refractivity contribution is 6.01. The first-order chi connectivity index (χ1) is 16.5. The number of ether oxygens (including phenoxy) is 2. The van der Waals surface area contributed by atoms with Gasteiger partial charge in [-0.2, -0.15) is 5.10 Å². The second-order valence-electron chi connectivity index (χ2n) is 7.99. The Balaban J connectivity index is 1.50. The summed E-state index contributed by atoms with van der Waals surface area (Å²) in [5.41, 5.74) is 5.36. The lowest BCUT2D eigenvalue weighted by Gasteiger charge is -2.11.